The van der Waals surface area contributed by atoms with Gasteiger partial charge in [0, 0.05) is 37.7 Å². The molecule has 0 spiro atoms. The minimum absolute atomic E-state index is 0.484. The molecule has 0 fully saturated rings. The molecule has 0 unspecified atom stereocenters. The molecule has 3 heterocycles. The zero-order valence-corrected chi connectivity index (χ0v) is 22.8. The van der Waals surface area contributed by atoms with Crippen molar-refractivity contribution in [2.45, 2.75) is 58.4 Å². The number of carbonyl (C=O) groups is 1. The van der Waals surface area contributed by atoms with Crippen molar-refractivity contribution in [1.29, 1.82) is 5.26 Å². The van der Waals surface area contributed by atoms with Gasteiger partial charge in [0.2, 0.25) is 0 Å². The molecule has 2 aromatic heterocycles. The molecule has 8 heteroatoms. The van der Waals surface area contributed by atoms with Crippen LogP contribution >= 0.6 is 0 Å². The Kier molecular flexibility index (Phi) is 9.16. The van der Waals surface area contributed by atoms with Crippen molar-refractivity contribution in [3.05, 3.63) is 83.7 Å². The van der Waals surface area contributed by atoms with E-state index in [2.05, 4.69) is 51.9 Å². The van der Waals surface area contributed by atoms with Crippen molar-refractivity contribution in [1.82, 2.24) is 19.9 Å². The number of aromatic nitrogens is 3. The first-order chi connectivity index (χ1) is 19.0. The average Bonchev–Trinajstić information content (AvgIpc) is 2.97. The van der Waals surface area contributed by atoms with Crippen LogP contribution < -0.4 is 4.74 Å². The topological polar surface area (TPSA) is 104 Å². The van der Waals surface area contributed by atoms with E-state index < -0.39 is 5.41 Å². The zero-order valence-electron chi connectivity index (χ0n) is 22.8. The number of nitrogens with zero attached hydrogens (tertiary/aromatic N) is 6. The summed E-state index contributed by atoms with van der Waals surface area (Å²) in [6.07, 6.45) is 11.4. The summed E-state index contributed by atoms with van der Waals surface area (Å²) in [4.78, 5) is 32.0. The Balaban J connectivity index is 1.53. The molecular weight excluding hydrogens is 488 g/mol. The molecule has 39 heavy (non-hydrogen) atoms. The molecule has 1 aliphatic heterocycles. The van der Waals surface area contributed by atoms with E-state index in [9.17, 15) is 10.1 Å². The number of hydrogen-bond donors (Lipinski definition) is 0. The van der Waals surface area contributed by atoms with Crippen molar-refractivity contribution >= 4 is 12.1 Å². The van der Waals surface area contributed by atoms with E-state index in [0.717, 1.165) is 53.9 Å². The Morgan fingerprint density at radius 1 is 1.08 bits per heavy atom. The maximum Gasteiger partial charge on any atom is 0.155 e. The largest absolute Gasteiger partial charge is 0.491 e. The summed E-state index contributed by atoms with van der Waals surface area (Å²) in [5.74, 6) is 2.32. The monoisotopic (exact) mass is 522 g/mol. The lowest BCUT2D eigenvalue weighted by Crippen LogP contribution is -2.36. The molecule has 0 saturated carbocycles. The van der Waals surface area contributed by atoms with Crippen LogP contribution in [0.1, 0.15) is 63.4 Å². The normalized spacial score (nSPS) is 13.3. The predicted octanol–water partition coefficient (Wildman–Crippen LogP) is 5.64. The summed E-state index contributed by atoms with van der Waals surface area (Å²) in [6, 6.07) is 13.7. The molecule has 0 N–H and O–H groups in total. The van der Waals surface area contributed by atoms with Crippen LogP contribution in [0.4, 0.5) is 0 Å². The highest BCUT2D eigenvalue weighted by Crippen LogP contribution is 2.33. The van der Waals surface area contributed by atoms with Crippen LogP contribution in [0.3, 0.4) is 0 Å². The number of aldehydes is 1. The van der Waals surface area contributed by atoms with Crippen LogP contribution in [0.2, 0.25) is 0 Å². The van der Waals surface area contributed by atoms with E-state index in [0.29, 0.717) is 43.3 Å². The molecular formula is C31H34N6O2. The first kappa shape index (κ1) is 27.6. The van der Waals surface area contributed by atoms with Gasteiger partial charge in [-0.2, -0.15) is 5.26 Å². The van der Waals surface area contributed by atoms with Crippen molar-refractivity contribution < 1.29 is 9.53 Å². The Bertz CT molecular complexity index is 1370. The van der Waals surface area contributed by atoms with Crippen LogP contribution in [0.15, 0.2) is 71.8 Å². The molecule has 1 aliphatic rings. The van der Waals surface area contributed by atoms with Gasteiger partial charge in [-0.1, -0.05) is 24.3 Å². The van der Waals surface area contributed by atoms with Gasteiger partial charge in [-0.3, -0.25) is 4.98 Å². The summed E-state index contributed by atoms with van der Waals surface area (Å²) in [5, 5.41) is 9.43. The van der Waals surface area contributed by atoms with Gasteiger partial charge < -0.3 is 14.4 Å². The van der Waals surface area contributed by atoms with E-state index in [1.54, 1.807) is 18.5 Å². The van der Waals surface area contributed by atoms with E-state index in [-0.39, 0.29) is 0 Å². The molecule has 0 atom stereocenters. The van der Waals surface area contributed by atoms with Crippen molar-refractivity contribution in [3.8, 4) is 23.1 Å². The van der Waals surface area contributed by atoms with Gasteiger partial charge >= 0.3 is 0 Å². The Hall–Kier alpha value is -4.38. The highest BCUT2D eigenvalue weighted by molar-refractivity contribution is 5.84. The number of unbranched alkanes of at least 4 members (excludes halogenated alkanes) is 2. The molecule has 4 rings (SSSR count). The second kappa shape index (κ2) is 12.9. The van der Waals surface area contributed by atoms with Crippen molar-refractivity contribution in [2.24, 2.45) is 4.99 Å². The number of nitriles is 1. The zero-order chi connectivity index (χ0) is 27.7. The van der Waals surface area contributed by atoms with Crippen LogP contribution in [0.5, 0.6) is 5.75 Å². The quantitative estimate of drug-likeness (QED) is 0.224. The van der Waals surface area contributed by atoms with Gasteiger partial charge in [-0.15, -0.1) is 0 Å². The summed E-state index contributed by atoms with van der Waals surface area (Å²) in [5.41, 5.74) is 3.71. The third-order valence-electron chi connectivity index (χ3n) is 6.75. The average molecular weight is 523 g/mol. The molecule has 200 valence electrons. The van der Waals surface area contributed by atoms with Crippen LogP contribution in [-0.2, 0) is 16.8 Å². The number of carbonyl (C=O) groups excluding carboxylic acids is 1. The van der Waals surface area contributed by atoms with Crippen LogP contribution in [0, 0.1) is 11.3 Å². The Morgan fingerprint density at radius 2 is 1.87 bits per heavy atom. The van der Waals surface area contributed by atoms with E-state index in [4.69, 9.17) is 9.73 Å². The van der Waals surface area contributed by atoms with Gasteiger partial charge in [0.15, 0.2) is 5.75 Å². The van der Waals surface area contributed by atoms with Gasteiger partial charge in [-0.25, -0.2) is 15.0 Å². The number of allylic oxidation sites excluding steroid dienone is 1. The van der Waals surface area contributed by atoms with Crippen molar-refractivity contribution in [3.63, 3.8) is 0 Å². The first-order valence-corrected chi connectivity index (χ1v) is 13.3. The summed E-state index contributed by atoms with van der Waals surface area (Å²) in [6.45, 7) is 8.01. The number of ether oxygens (including phenoxy) is 1. The van der Waals surface area contributed by atoms with Gasteiger partial charge in [0.25, 0.3) is 0 Å². The highest BCUT2D eigenvalue weighted by Gasteiger charge is 2.32. The fourth-order valence-corrected chi connectivity index (χ4v) is 4.53. The Morgan fingerprint density at radius 3 is 2.56 bits per heavy atom. The minimum atomic E-state index is -0.484. The number of benzene rings is 1. The molecule has 0 bridgehead atoms. The van der Waals surface area contributed by atoms with Gasteiger partial charge in [-0.05, 0) is 57.4 Å². The molecule has 8 nitrogen and oxygen atoms in total. The number of hydrogen-bond acceptors (Lipinski definition) is 8. The minimum Gasteiger partial charge on any atom is -0.491 e. The SMILES string of the molecule is CCOc1cnc(C(C)(C)C2=CCN(Cc3ccc(-c4ccccc4C#N)nc3)C(CCCCC=O)=N2)nc1. The number of amidine groups is 1. The molecule has 1 aromatic carbocycles. The molecule has 0 radical (unpaired) electrons. The molecule has 0 amide bonds. The van der Waals surface area contributed by atoms with E-state index in [1.807, 2.05) is 37.4 Å². The van der Waals surface area contributed by atoms with Crippen LogP contribution in [-0.4, -0.2) is 45.1 Å². The lowest BCUT2D eigenvalue weighted by Gasteiger charge is -2.33. The first-order valence-electron chi connectivity index (χ1n) is 13.3. The third-order valence-corrected chi connectivity index (χ3v) is 6.75. The highest BCUT2D eigenvalue weighted by atomic mass is 16.5. The number of aliphatic imine (C=N–C) groups is 1. The third kappa shape index (κ3) is 6.74. The standard InChI is InChI=1S/C31H34N6O2/c1-4-39-25-20-34-30(35-21-25)31(2,3)28-15-16-37(29(36-28)12-6-5-9-17-38)22-23-13-14-27(33-19-23)26-11-8-7-10-24(26)18-32/h7-8,10-11,13-15,17,19-21H,4-6,9,12,16,22H2,1-3H3. The second-order valence-electron chi connectivity index (χ2n) is 9.92. The van der Waals surface area contributed by atoms with Crippen molar-refractivity contribution in [2.75, 3.05) is 13.2 Å². The molecule has 0 aliphatic carbocycles. The number of pyridine rings is 1. The summed E-state index contributed by atoms with van der Waals surface area (Å²) < 4.78 is 5.50. The second-order valence-corrected chi connectivity index (χ2v) is 9.92. The lowest BCUT2D eigenvalue weighted by molar-refractivity contribution is -0.107. The lowest BCUT2D eigenvalue weighted by atomic mass is 9.87. The fraction of sp³-hybridized carbons (Fsp3) is 0.355. The Labute approximate surface area is 230 Å². The van der Waals surface area contributed by atoms with Gasteiger partial charge in [0.1, 0.15) is 17.9 Å². The maximum absolute atomic E-state index is 10.8. The predicted molar refractivity (Wildman–Crippen MR) is 151 cm³/mol. The van der Waals surface area contributed by atoms with Gasteiger partial charge in [0.05, 0.1) is 47.4 Å². The maximum atomic E-state index is 10.8. The molecule has 0 saturated heterocycles. The number of rotatable bonds is 12. The van der Waals surface area contributed by atoms with E-state index in [1.165, 1.54) is 0 Å². The smallest absolute Gasteiger partial charge is 0.155 e. The molecule has 3 aromatic rings. The summed E-state index contributed by atoms with van der Waals surface area (Å²) in [7, 11) is 0. The summed E-state index contributed by atoms with van der Waals surface area (Å²) >= 11 is 0. The fourth-order valence-electron chi connectivity index (χ4n) is 4.53. The van der Waals surface area contributed by atoms with E-state index >= 15 is 0 Å². The van der Waals surface area contributed by atoms with Crippen LogP contribution in [0.25, 0.3) is 11.3 Å².